The van der Waals surface area contributed by atoms with E-state index in [9.17, 15) is 9.59 Å². The van der Waals surface area contributed by atoms with E-state index in [4.69, 9.17) is 5.11 Å². The summed E-state index contributed by atoms with van der Waals surface area (Å²) in [4.78, 5) is 25.3. The molecule has 22 heavy (non-hydrogen) atoms. The monoisotopic (exact) mass is 320 g/mol. The van der Waals surface area contributed by atoms with E-state index in [2.05, 4.69) is 5.32 Å². The zero-order valence-corrected chi connectivity index (χ0v) is 13.3. The van der Waals surface area contributed by atoms with Crippen LogP contribution >= 0.6 is 11.8 Å². The van der Waals surface area contributed by atoms with E-state index in [-0.39, 0.29) is 23.7 Å². The van der Waals surface area contributed by atoms with E-state index in [0.29, 0.717) is 18.0 Å². The number of aliphatic hydroxyl groups excluding tert-OH is 1. The molecule has 1 atom stereocenters. The van der Waals surface area contributed by atoms with Crippen LogP contribution in [-0.2, 0) is 16.0 Å². The van der Waals surface area contributed by atoms with Crippen molar-refractivity contribution in [1.29, 1.82) is 0 Å². The third-order valence-corrected chi connectivity index (χ3v) is 4.76. The summed E-state index contributed by atoms with van der Waals surface area (Å²) in [6.45, 7) is 0.517. The summed E-state index contributed by atoms with van der Waals surface area (Å²) >= 11 is 1.33. The standard InChI is InChI=1S/C16H20N2O3S/c1-18-15(22-13(8-10-19)16(18)21)11-14(20)17-9-7-12-5-3-2-4-6-12/h2-6,11,13,19H,7-10H2,1H3,(H,17,20)/b15-11-. The number of nitrogens with zero attached hydrogens (tertiary/aromatic N) is 1. The second-order valence-corrected chi connectivity index (χ2v) is 6.25. The molecule has 1 fully saturated rings. The number of benzene rings is 1. The molecule has 0 radical (unpaired) electrons. The van der Waals surface area contributed by atoms with E-state index >= 15 is 0 Å². The number of thioether (sulfide) groups is 1. The Labute approximate surface area is 134 Å². The highest BCUT2D eigenvalue weighted by molar-refractivity contribution is 8.04. The summed E-state index contributed by atoms with van der Waals surface area (Å²) in [6, 6.07) is 9.93. The molecule has 1 aliphatic heterocycles. The summed E-state index contributed by atoms with van der Waals surface area (Å²) in [7, 11) is 1.65. The van der Waals surface area contributed by atoms with E-state index in [1.165, 1.54) is 28.3 Å². The molecule has 5 nitrogen and oxygen atoms in total. The molecule has 0 bridgehead atoms. The molecule has 118 valence electrons. The normalized spacial score (nSPS) is 19.7. The predicted molar refractivity (Wildman–Crippen MR) is 87.1 cm³/mol. The molecule has 1 aliphatic rings. The molecule has 1 aromatic rings. The maximum absolute atomic E-state index is 11.9. The Bertz CT molecular complexity index is 560. The Morgan fingerprint density at radius 2 is 2.14 bits per heavy atom. The molecule has 2 N–H and O–H groups in total. The van der Waals surface area contributed by atoms with Gasteiger partial charge >= 0.3 is 0 Å². The van der Waals surface area contributed by atoms with Crippen molar-refractivity contribution in [2.24, 2.45) is 0 Å². The maximum Gasteiger partial charge on any atom is 0.246 e. The first-order valence-corrected chi connectivity index (χ1v) is 8.08. The second-order valence-electron chi connectivity index (χ2n) is 5.03. The van der Waals surface area contributed by atoms with Crippen LogP contribution in [0.4, 0.5) is 0 Å². The summed E-state index contributed by atoms with van der Waals surface area (Å²) in [5.74, 6) is -0.273. The van der Waals surface area contributed by atoms with Crippen molar-refractivity contribution in [3.63, 3.8) is 0 Å². The van der Waals surface area contributed by atoms with Gasteiger partial charge in [0.05, 0.1) is 10.3 Å². The molecular formula is C16H20N2O3S. The zero-order chi connectivity index (χ0) is 15.9. The van der Waals surface area contributed by atoms with Crippen LogP contribution in [-0.4, -0.2) is 47.3 Å². The first-order valence-electron chi connectivity index (χ1n) is 7.20. The fraction of sp³-hybridized carbons (Fsp3) is 0.375. The minimum Gasteiger partial charge on any atom is -0.396 e. The number of hydrogen-bond donors (Lipinski definition) is 2. The number of hydrogen-bond acceptors (Lipinski definition) is 4. The molecule has 2 amide bonds. The molecule has 0 aromatic heterocycles. The van der Waals surface area contributed by atoms with Crippen molar-refractivity contribution in [3.8, 4) is 0 Å². The number of carbonyl (C=O) groups is 2. The molecule has 6 heteroatoms. The first kappa shape index (κ1) is 16.6. The van der Waals surface area contributed by atoms with Gasteiger partial charge in [-0.2, -0.15) is 0 Å². The molecule has 1 aromatic carbocycles. The summed E-state index contributed by atoms with van der Waals surface area (Å²) < 4.78 is 0. The number of carbonyl (C=O) groups excluding carboxylic acids is 2. The van der Waals surface area contributed by atoms with E-state index in [1.807, 2.05) is 30.3 Å². The highest BCUT2D eigenvalue weighted by Gasteiger charge is 2.33. The van der Waals surface area contributed by atoms with Crippen molar-refractivity contribution in [2.45, 2.75) is 18.1 Å². The lowest BCUT2D eigenvalue weighted by atomic mass is 10.1. The van der Waals surface area contributed by atoms with Gasteiger partial charge in [0.25, 0.3) is 0 Å². The topological polar surface area (TPSA) is 69.6 Å². The fourth-order valence-corrected chi connectivity index (χ4v) is 3.37. The van der Waals surface area contributed by atoms with Crippen LogP contribution < -0.4 is 5.32 Å². The Morgan fingerprint density at radius 3 is 2.82 bits per heavy atom. The van der Waals surface area contributed by atoms with E-state index in [1.54, 1.807) is 7.05 Å². The van der Waals surface area contributed by atoms with Crippen LogP contribution in [0.25, 0.3) is 0 Å². The Hall–Kier alpha value is -1.79. The lowest BCUT2D eigenvalue weighted by Gasteiger charge is -2.09. The van der Waals surface area contributed by atoms with Crippen molar-refractivity contribution in [1.82, 2.24) is 10.2 Å². The van der Waals surface area contributed by atoms with Gasteiger partial charge in [0, 0.05) is 26.3 Å². The van der Waals surface area contributed by atoms with Gasteiger partial charge < -0.3 is 15.3 Å². The van der Waals surface area contributed by atoms with Crippen molar-refractivity contribution >= 4 is 23.6 Å². The van der Waals surface area contributed by atoms with Gasteiger partial charge in [0.2, 0.25) is 11.8 Å². The van der Waals surface area contributed by atoms with Crippen molar-refractivity contribution in [3.05, 3.63) is 47.0 Å². The minimum absolute atomic E-state index is 0.0339. The Morgan fingerprint density at radius 1 is 1.41 bits per heavy atom. The van der Waals surface area contributed by atoms with Gasteiger partial charge in [-0.3, -0.25) is 9.59 Å². The van der Waals surface area contributed by atoms with Crippen LogP contribution in [0.1, 0.15) is 12.0 Å². The van der Waals surface area contributed by atoms with Crippen LogP contribution in [0.5, 0.6) is 0 Å². The highest BCUT2D eigenvalue weighted by atomic mass is 32.2. The average Bonchev–Trinajstić information content (AvgIpc) is 2.77. The van der Waals surface area contributed by atoms with Gasteiger partial charge in [-0.15, -0.1) is 0 Å². The van der Waals surface area contributed by atoms with E-state index in [0.717, 1.165) is 6.42 Å². The van der Waals surface area contributed by atoms with E-state index < -0.39 is 0 Å². The Balaban J connectivity index is 1.84. The van der Waals surface area contributed by atoms with Gasteiger partial charge in [0.1, 0.15) is 0 Å². The van der Waals surface area contributed by atoms with Gasteiger partial charge in [0.15, 0.2) is 0 Å². The minimum atomic E-state index is -0.293. The van der Waals surface area contributed by atoms with Crippen LogP contribution in [0.2, 0.25) is 0 Å². The lowest BCUT2D eigenvalue weighted by Crippen LogP contribution is -2.27. The van der Waals surface area contributed by atoms with Crippen LogP contribution in [0.15, 0.2) is 41.4 Å². The third-order valence-electron chi connectivity index (χ3n) is 3.40. The molecular weight excluding hydrogens is 300 g/mol. The number of rotatable bonds is 6. The summed E-state index contributed by atoms with van der Waals surface area (Å²) in [6.07, 6.45) is 2.62. The number of amides is 2. The maximum atomic E-state index is 11.9. The van der Waals surface area contributed by atoms with Crippen molar-refractivity contribution < 1.29 is 14.7 Å². The number of nitrogens with one attached hydrogen (secondary N) is 1. The van der Waals surface area contributed by atoms with Crippen LogP contribution in [0.3, 0.4) is 0 Å². The molecule has 1 saturated heterocycles. The summed E-state index contributed by atoms with van der Waals surface area (Å²) in [5.41, 5.74) is 1.17. The largest absolute Gasteiger partial charge is 0.396 e. The smallest absolute Gasteiger partial charge is 0.246 e. The highest BCUT2D eigenvalue weighted by Crippen LogP contribution is 2.35. The fourth-order valence-electron chi connectivity index (χ4n) is 2.17. The SMILES string of the molecule is CN1C(=O)C(CCO)S/C1=C\C(=O)NCCc1ccccc1. The average molecular weight is 320 g/mol. The second kappa shape index (κ2) is 8.00. The zero-order valence-electron chi connectivity index (χ0n) is 12.5. The molecule has 1 heterocycles. The van der Waals surface area contributed by atoms with Crippen LogP contribution in [0, 0.1) is 0 Å². The Kier molecular flexibility index (Phi) is 6.03. The number of aliphatic hydroxyl groups is 1. The van der Waals surface area contributed by atoms with Crippen molar-refractivity contribution in [2.75, 3.05) is 20.2 Å². The molecule has 0 aliphatic carbocycles. The summed E-state index contributed by atoms with van der Waals surface area (Å²) in [5, 5.41) is 12.1. The first-order chi connectivity index (χ1) is 10.6. The molecule has 0 saturated carbocycles. The third kappa shape index (κ3) is 4.35. The molecule has 1 unspecified atom stereocenters. The van der Waals surface area contributed by atoms with Gasteiger partial charge in [-0.1, -0.05) is 42.1 Å². The predicted octanol–water partition coefficient (Wildman–Crippen LogP) is 1.14. The molecule has 0 spiro atoms. The molecule has 2 rings (SSSR count). The van der Waals surface area contributed by atoms with Gasteiger partial charge in [-0.05, 0) is 18.4 Å². The quantitative estimate of drug-likeness (QED) is 0.771. The lowest BCUT2D eigenvalue weighted by molar-refractivity contribution is -0.126. The van der Waals surface area contributed by atoms with Gasteiger partial charge in [-0.25, -0.2) is 0 Å².